The number of nitro benzene ring substituents is 1. The number of nitrogens with zero attached hydrogens (tertiary/aromatic N) is 1. The van der Waals surface area contributed by atoms with Crippen molar-refractivity contribution in [2.24, 2.45) is 0 Å². The molecule has 0 radical (unpaired) electrons. The number of benzene rings is 1. The molecular formula is C11H16NO5P. The van der Waals surface area contributed by atoms with Gasteiger partial charge in [-0.15, -0.1) is 0 Å². The Labute approximate surface area is 106 Å². The Morgan fingerprint density at radius 2 is 1.89 bits per heavy atom. The highest BCUT2D eigenvalue weighted by atomic mass is 31.2. The van der Waals surface area contributed by atoms with Crippen molar-refractivity contribution in [2.45, 2.75) is 20.0 Å². The van der Waals surface area contributed by atoms with E-state index >= 15 is 0 Å². The molecule has 6 nitrogen and oxygen atoms in total. The molecule has 0 aliphatic heterocycles. The summed E-state index contributed by atoms with van der Waals surface area (Å²) in [6.45, 7) is 3.98. The van der Waals surface area contributed by atoms with Gasteiger partial charge in [-0.3, -0.25) is 14.7 Å². The highest BCUT2D eigenvalue weighted by Gasteiger charge is 2.24. The van der Waals surface area contributed by atoms with Gasteiger partial charge in [-0.2, -0.15) is 0 Å². The number of nitro groups is 1. The molecule has 1 aromatic rings. The Kier molecular flexibility index (Phi) is 5.47. The summed E-state index contributed by atoms with van der Waals surface area (Å²) in [5.41, 5.74) is 0.529. The maximum Gasteiger partial charge on any atom is 0.335 e. The summed E-state index contributed by atoms with van der Waals surface area (Å²) in [6.07, 6.45) is 0.0381. The van der Waals surface area contributed by atoms with E-state index in [1.165, 1.54) is 12.1 Å². The second-order valence-corrected chi connectivity index (χ2v) is 5.59. The highest BCUT2D eigenvalue weighted by Crippen LogP contribution is 2.51. The Morgan fingerprint density at radius 3 is 2.39 bits per heavy atom. The van der Waals surface area contributed by atoms with Crippen LogP contribution in [0.5, 0.6) is 0 Å². The van der Waals surface area contributed by atoms with Gasteiger partial charge in [0, 0.05) is 12.1 Å². The van der Waals surface area contributed by atoms with Gasteiger partial charge in [-0.1, -0.05) is 12.1 Å². The zero-order valence-corrected chi connectivity index (χ0v) is 11.3. The predicted octanol–water partition coefficient (Wildman–Crippen LogP) is 3.36. The van der Waals surface area contributed by atoms with Crippen LogP contribution in [0.1, 0.15) is 19.4 Å². The van der Waals surface area contributed by atoms with Crippen LogP contribution in [0.2, 0.25) is 0 Å². The van der Waals surface area contributed by atoms with E-state index in [0.29, 0.717) is 5.56 Å². The lowest BCUT2D eigenvalue weighted by molar-refractivity contribution is -0.384. The molecule has 0 amide bonds. The molecule has 100 valence electrons. The van der Waals surface area contributed by atoms with Gasteiger partial charge in [-0.05, 0) is 19.4 Å². The number of hydrogen-bond acceptors (Lipinski definition) is 5. The topological polar surface area (TPSA) is 78.7 Å². The monoisotopic (exact) mass is 273 g/mol. The largest absolute Gasteiger partial charge is 0.335 e. The first-order valence-electron chi connectivity index (χ1n) is 5.62. The smallest absolute Gasteiger partial charge is 0.309 e. The zero-order chi connectivity index (χ0) is 13.6. The Balaban J connectivity index is 2.90. The molecule has 7 heteroatoms. The second kappa shape index (κ2) is 6.64. The van der Waals surface area contributed by atoms with Gasteiger partial charge < -0.3 is 9.05 Å². The molecule has 0 unspecified atom stereocenters. The van der Waals surface area contributed by atoms with Crippen molar-refractivity contribution in [1.29, 1.82) is 0 Å². The summed E-state index contributed by atoms with van der Waals surface area (Å²) in [7, 11) is -3.21. The molecule has 0 saturated carbocycles. The van der Waals surface area contributed by atoms with Crippen LogP contribution in [0.3, 0.4) is 0 Å². The molecule has 0 heterocycles. The molecule has 1 rings (SSSR count). The van der Waals surface area contributed by atoms with Crippen LogP contribution in [-0.4, -0.2) is 18.1 Å². The molecule has 0 saturated heterocycles. The Morgan fingerprint density at radius 1 is 1.28 bits per heavy atom. The van der Waals surface area contributed by atoms with Gasteiger partial charge in [0.1, 0.15) is 0 Å². The minimum Gasteiger partial charge on any atom is -0.309 e. The molecule has 0 atom stereocenters. The van der Waals surface area contributed by atoms with Crippen molar-refractivity contribution in [3.8, 4) is 0 Å². The molecule has 0 aromatic heterocycles. The van der Waals surface area contributed by atoms with E-state index in [2.05, 4.69) is 0 Å². The lowest BCUT2D eigenvalue weighted by Crippen LogP contribution is -1.99. The summed E-state index contributed by atoms with van der Waals surface area (Å²) in [5.74, 6) is 0. The third-order valence-electron chi connectivity index (χ3n) is 2.15. The lowest BCUT2D eigenvalue weighted by Gasteiger charge is -2.16. The fourth-order valence-electron chi connectivity index (χ4n) is 1.51. The first-order chi connectivity index (χ1) is 8.50. The quantitative estimate of drug-likeness (QED) is 0.432. The van der Waals surface area contributed by atoms with Crippen molar-refractivity contribution < 1.29 is 18.5 Å². The van der Waals surface area contributed by atoms with Crippen LogP contribution < -0.4 is 0 Å². The van der Waals surface area contributed by atoms with E-state index in [-0.39, 0.29) is 25.1 Å². The van der Waals surface area contributed by atoms with Gasteiger partial charge in [0.15, 0.2) is 0 Å². The predicted molar refractivity (Wildman–Crippen MR) is 67.7 cm³/mol. The fraction of sp³-hybridized carbons (Fsp3) is 0.455. The zero-order valence-electron chi connectivity index (χ0n) is 10.4. The molecule has 0 aliphatic carbocycles. The Hall–Kier alpha value is -1.23. The van der Waals surface area contributed by atoms with Crippen LogP contribution in [0.15, 0.2) is 24.3 Å². The van der Waals surface area contributed by atoms with Crippen molar-refractivity contribution in [2.75, 3.05) is 13.2 Å². The minimum absolute atomic E-state index is 0.0351. The molecule has 1 aromatic carbocycles. The van der Waals surface area contributed by atoms with E-state index in [9.17, 15) is 14.7 Å². The fourth-order valence-corrected chi connectivity index (χ4v) is 3.20. The minimum atomic E-state index is -3.21. The van der Waals surface area contributed by atoms with Crippen LogP contribution in [0.4, 0.5) is 5.69 Å². The van der Waals surface area contributed by atoms with E-state index in [0.717, 1.165) is 0 Å². The van der Waals surface area contributed by atoms with Gasteiger partial charge in [0.05, 0.1) is 24.3 Å². The first-order valence-corrected chi connectivity index (χ1v) is 7.35. The van der Waals surface area contributed by atoms with Crippen molar-refractivity contribution >= 4 is 13.3 Å². The van der Waals surface area contributed by atoms with E-state index in [1.54, 1.807) is 26.0 Å². The molecule has 0 aliphatic rings. The third-order valence-corrected chi connectivity index (χ3v) is 4.20. The molecule has 0 spiro atoms. The number of rotatable bonds is 7. The van der Waals surface area contributed by atoms with E-state index in [1.807, 2.05) is 0 Å². The maximum absolute atomic E-state index is 12.2. The molecule has 0 fully saturated rings. The first kappa shape index (κ1) is 14.8. The van der Waals surface area contributed by atoms with Crippen LogP contribution in [0.25, 0.3) is 0 Å². The van der Waals surface area contributed by atoms with Crippen molar-refractivity contribution in [3.05, 3.63) is 39.9 Å². The SMILES string of the molecule is CCOP(=O)(Cc1cccc([N+](=O)[O-])c1)OCC. The molecule has 18 heavy (non-hydrogen) atoms. The molecule has 0 N–H and O–H groups in total. The lowest BCUT2D eigenvalue weighted by atomic mass is 10.2. The summed E-state index contributed by atoms with van der Waals surface area (Å²) in [4.78, 5) is 10.2. The standard InChI is InChI=1S/C11H16NO5P/c1-3-16-18(15,17-4-2)9-10-6-5-7-11(8-10)12(13)14/h5-8H,3-4,9H2,1-2H3. The molecular weight excluding hydrogens is 257 g/mol. The van der Waals surface area contributed by atoms with Crippen LogP contribution in [-0.2, 0) is 19.8 Å². The third kappa shape index (κ3) is 4.22. The summed E-state index contributed by atoms with van der Waals surface area (Å²) in [6, 6.07) is 5.98. The number of hydrogen-bond donors (Lipinski definition) is 0. The summed E-state index contributed by atoms with van der Waals surface area (Å²) >= 11 is 0. The van der Waals surface area contributed by atoms with Crippen LogP contribution in [0, 0.1) is 10.1 Å². The average molecular weight is 273 g/mol. The average Bonchev–Trinajstić information content (AvgIpc) is 2.29. The van der Waals surface area contributed by atoms with Gasteiger partial charge in [0.25, 0.3) is 5.69 Å². The summed E-state index contributed by atoms with van der Waals surface area (Å²) < 4.78 is 22.5. The van der Waals surface area contributed by atoms with E-state index in [4.69, 9.17) is 9.05 Å². The van der Waals surface area contributed by atoms with Crippen LogP contribution >= 0.6 is 7.60 Å². The number of non-ortho nitro benzene ring substituents is 1. The van der Waals surface area contributed by atoms with Gasteiger partial charge in [0.2, 0.25) is 0 Å². The van der Waals surface area contributed by atoms with Gasteiger partial charge >= 0.3 is 7.60 Å². The molecule has 0 bridgehead atoms. The Bertz CT molecular complexity index is 453. The van der Waals surface area contributed by atoms with Crippen molar-refractivity contribution in [3.63, 3.8) is 0 Å². The maximum atomic E-state index is 12.2. The normalized spacial score (nSPS) is 11.4. The van der Waals surface area contributed by atoms with E-state index < -0.39 is 12.5 Å². The van der Waals surface area contributed by atoms with Crippen molar-refractivity contribution in [1.82, 2.24) is 0 Å². The second-order valence-electron chi connectivity index (χ2n) is 3.53. The van der Waals surface area contributed by atoms with Gasteiger partial charge in [-0.25, -0.2) is 0 Å². The summed E-state index contributed by atoms with van der Waals surface area (Å²) in [5, 5.41) is 10.6. The highest BCUT2D eigenvalue weighted by molar-refractivity contribution is 7.53.